The molecule has 0 aliphatic rings. The molecule has 1 atom stereocenters. The average molecular weight is 681 g/mol. The molecule has 0 heterocycles. The minimum Gasteiger partial charge on any atom is -0.350 e. The van der Waals surface area contributed by atoms with Gasteiger partial charge in [-0.1, -0.05) is 89.4 Å². The molecule has 0 radical (unpaired) electrons. The predicted octanol–water partition coefficient (Wildman–Crippen LogP) is 7.36. The minimum absolute atomic E-state index is 0.0472. The number of nitrogens with zero attached hydrogens (tertiary/aromatic N) is 2. The van der Waals surface area contributed by atoms with E-state index in [0.29, 0.717) is 21.3 Å². The van der Waals surface area contributed by atoms with Crippen molar-refractivity contribution < 1.29 is 18.0 Å². The number of carbonyl (C=O) groups excluding carboxylic acids is 2. The van der Waals surface area contributed by atoms with Crippen LogP contribution in [0.4, 0.5) is 5.69 Å². The molecule has 0 saturated carbocycles. The Morgan fingerprint density at radius 3 is 2.11 bits per heavy atom. The molecule has 2 amide bonds. The molecule has 4 rings (SSSR count). The highest BCUT2D eigenvalue weighted by atomic mass is 35.5. The van der Waals surface area contributed by atoms with Crippen molar-refractivity contribution in [3.63, 3.8) is 0 Å². The van der Waals surface area contributed by atoms with E-state index in [2.05, 4.69) is 5.32 Å². The standard InChI is InChI=1S/C36H39Cl2N3O4S/c1-25-14-18-31(19-15-25)46(44,45)41(30-13-9-10-26(2)20-30)24-34(42)40(23-28-16-17-29(37)22-32(28)38)33(35(43)39-36(3,4)5)21-27-11-7-6-8-12-27/h6-20,22,33H,21,23-24H2,1-5H3,(H,39,43)/t33-/m0/s1. The van der Waals surface area contributed by atoms with E-state index in [0.717, 1.165) is 21.0 Å². The smallest absolute Gasteiger partial charge is 0.264 e. The maximum atomic E-state index is 14.6. The Hall–Kier alpha value is -3.85. The Balaban J connectivity index is 1.84. The molecule has 4 aromatic carbocycles. The fraction of sp³-hybridized carbons (Fsp3) is 0.278. The zero-order valence-electron chi connectivity index (χ0n) is 26.6. The van der Waals surface area contributed by atoms with E-state index < -0.39 is 34.1 Å². The van der Waals surface area contributed by atoms with Gasteiger partial charge in [0.1, 0.15) is 12.6 Å². The number of aryl methyl sites for hydroxylation is 2. The third-order valence-corrected chi connectivity index (χ3v) is 9.68. The highest BCUT2D eigenvalue weighted by Crippen LogP contribution is 2.28. The van der Waals surface area contributed by atoms with Crippen molar-refractivity contribution in [2.75, 3.05) is 10.8 Å². The highest BCUT2D eigenvalue weighted by molar-refractivity contribution is 7.92. The summed E-state index contributed by atoms with van der Waals surface area (Å²) in [5.41, 5.74) is 2.85. The van der Waals surface area contributed by atoms with Gasteiger partial charge in [0, 0.05) is 28.5 Å². The highest BCUT2D eigenvalue weighted by Gasteiger charge is 2.36. The molecule has 0 bridgehead atoms. The molecule has 10 heteroatoms. The molecule has 1 N–H and O–H groups in total. The number of benzene rings is 4. The van der Waals surface area contributed by atoms with Crippen molar-refractivity contribution in [3.8, 4) is 0 Å². The van der Waals surface area contributed by atoms with Gasteiger partial charge in [0.15, 0.2) is 0 Å². The molecular weight excluding hydrogens is 641 g/mol. The van der Waals surface area contributed by atoms with Gasteiger partial charge in [-0.15, -0.1) is 0 Å². The van der Waals surface area contributed by atoms with E-state index in [9.17, 15) is 18.0 Å². The first-order valence-electron chi connectivity index (χ1n) is 14.9. The quantitative estimate of drug-likeness (QED) is 0.179. The van der Waals surface area contributed by atoms with Crippen molar-refractivity contribution in [2.24, 2.45) is 0 Å². The summed E-state index contributed by atoms with van der Waals surface area (Å²) in [6.07, 6.45) is 0.189. The fourth-order valence-electron chi connectivity index (χ4n) is 4.99. The summed E-state index contributed by atoms with van der Waals surface area (Å²) in [7, 11) is -4.19. The number of anilines is 1. The van der Waals surface area contributed by atoms with Crippen LogP contribution in [-0.2, 0) is 32.6 Å². The van der Waals surface area contributed by atoms with Crippen LogP contribution in [-0.4, -0.2) is 43.3 Å². The number of halogens is 2. The van der Waals surface area contributed by atoms with Crippen LogP contribution >= 0.6 is 23.2 Å². The Labute approximate surface area is 282 Å². The molecule has 0 aromatic heterocycles. The number of rotatable bonds is 11. The molecule has 0 fully saturated rings. The maximum absolute atomic E-state index is 14.6. The molecule has 0 unspecified atom stereocenters. The lowest BCUT2D eigenvalue weighted by atomic mass is 10.0. The van der Waals surface area contributed by atoms with Crippen molar-refractivity contribution >= 4 is 50.7 Å². The van der Waals surface area contributed by atoms with E-state index in [4.69, 9.17) is 23.2 Å². The second-order valence-corrected chi connectivity index (χ2v) is 15.1. The van der Waals surface area contributed by atoms with Crippen LogP contribution in [0.5, 0.6) is 0 Å². The van der Waals surface area contributed by atoms with Gasteiger partial charge < -0.3 is 10.2 Å². The van der Waals surface area contributed by atoms with Crippen molar-refractivity contribution in [3.05, 3.63) is 129 Å². The van der Waals surface area contributed by atoms with Crippen LogP contribution in [0.25, 0.3) is 0 Å². The fourth-order valence-corrected chi connectivity index (χ4v) is 6.86. The van der Waals surface area contributed by atoms with Gasteiger partial charge in [0.25, 0.3) is 10.0 Å². The number of carbonyl (C=O) groups is 2. The third kappa shape index (κ3) is 9.12. The van der Waals surface area contributed by atoms with E-state index in [1.807, 2.05) is 71.0 Å². The lowest BCUT2D eigenvalue weighted by molar-refractivity contribution is -0.140. The van der Waals surface area contributed by atoms with Gasteiger partial charge in [-0.3, -0.25) is 13.9 Å². The molecule has 242 valence electrons. The van der Waals surface area contributed by atoms with Crippen LogP contribution in [0.1, 0.15) is 43.0 Å². The first-order chi connectivity index (χ1) is 21.6. The molecule has 46 heavy (non-hydrogen) atoms. The summed E-state index contributed by atoms with van der Waals surface area (Å²) in [4.78, 5) is 30.1. The zero-order chi connectivity index (χ0) is 33.6. The Bertz CT molecular complexity index is 1790. The van der Waals surface area contributed by atoms with E-state index in [1.54, 1.807) is 48.5 Å². The topological polar surface area (TPSA) is 86.8 Å². The lowest BCUT2D eigenvalue weighted by Gasteiger charge is -2.35. The van der Waals surface area contributed by atoms with Crippen LogP contribution < -0.4 is 9.62 Å². The number of hydrogen-bond donors (Lipinski definition) is 1. The van der Waals surface area contributed by atoms with Gasteiger partial charge in [0.2, 0.25) is 11.8 Å². The molecule has 0 spiro atoms. The molecule has 0 saturated heterocycles. The SMILES string of the molecule is Cc1ccc(S(=O)(=O)N(CC(=O)N(Cc2ccc(Cl)cc2Cl)[C@@H](Cc2ccccc2)C(=O)NC(C)(C)C)c2cccc(C)c2)cc1. The monoisotopic (exact) mass is 679 g/mol. The van der Waals surface area contributed by atoms with Crippen molar-refractivity contribution in [1.29, 1.82) is 0 Å². The first kappa shape index (κ1) is 35.0. The maximum Gasteiger partial charge on any atom is 0.264 e. The van der Waals surface area contributed by atoms with Crippen LogP contribution in [0.15, 0.2) is 102 Å². The summed E-state index contributed by atoms with van der Waals surface area (Å²) in [6.45, 7) is 8.69. The summed E-state index contributed by atoms with van der Waals surface area (Å²) in [5.74, 6) is -0.952. The second kappa shape index (κ2) is 14.7. The Morgan fingerprint density at radius 2 is 1.50 bits per heavy atom. The van der Waals surface area contributed by atoms with Crippen LogP contribution in [0.2, 0.25) is 10.0 Å². The summed E-state index contributed by atoms with van der Waals surface area (Å²) in [6, 6.07) is 26.8. The first-order valence-corrected chi connectivity index (χ1v) is 17.1. The second-order valence-electron chi connectivity index (χ2n) is 12.4. The van der Waals surface area contributed by atoms with E-state index >= 15 is 0 Å². The lowest BCUT2D eigenvalue weighted by Crippen LogP contribution is -2.56. The zero-order valence-corrected chi connectivity index (χ0v) is 29.0. The van der Waals surface area contributed by atoms with Gasteiger partial charge >= 0.3 is 0 Å². The Kier molecular flexibility index (Phi) is 11.2. The summed E-state index contributed by atoms with van der Waals surface area (Å²) in [5, 5.41) is 3.77. The van der Waals surface area contributed by atoms with E-state index in [1.165, 1.54) is 17.0 Å². The largest absolute Gasteiger partial charge is 0.350 e. The van der Waals surface area contributed by atoms with E-state index in [-0.39, 0.29) is 23.8 Å². The van der Waals surface area contributed by atoms with Gasteiger partial charge in [0.05, 0.1) is 10.6 Å². The van der Waals surface area contributed by atoms with Crippen molar-refractivity contribution in [1.82, 2.24) is 10.2 Å². The van der Waals surface area contributed by atoms with Crippen LogP contribution in [0.3, 0.4) is 0 Å². The molecule has 0 aliphatic heterocycles. The molecule has 4 aromatic rings. The summed E-state index contributed by atoms with van der Waals surface area (Å²) < 4.78 is 29.5. The number of hydrogen-bond acceptors (Lipinski definition) is 4. The molecular formula is C36H39Cl2N3O4S. The molecule has 7 nitrogen and oxygen atoms in total. The number of sulfonamides is 1. The van der Waals surface area contributed by atoms with Gasteiger partial charge in [-0.2, -0.15) is 0 Å². The molecule has 0 aliphatic carbocycles. The normalized spacial score (nSPS) is 12.3. The van der Waals surface area contributed by atoms with Crippen LogP contribution in [0, 0.1) is 13.8 Å². The predicted molar refractivity (Wildman–Crippen MR) is 186 cm³/mol. The van der Waals surface area contributed by atoms with Crippen molar-refractivity contribution in [2.45, 2.75) is 64.1 Å². The average Bonchev–Trinajstić information content (AvgIpc) is 2.98. The number of nitrogens with one attached hydrogen (secondary N) is 1. The van der Waals surface area contributed by atoms with Gasteiger partial charge in [-0.05, 0) is 87.7 Å². The summed E-state index contributed by atoms with van der Waals surface area (Å²) >= 11 is 12.8. The Morgan fingerprint density at radius 1 is 0.826 bits per heavy atom. The minimum atomic E-state index is -4.19. The third-order valence-electron chi connectivity index (χ3n) is 7.30. The number of amides is 2. The van der Waals surface area contributed by atoms with Gasteiger partial charge in [-0.25, -0.2) is 8.42 Å².